The van der Waals surface area contributed by atoms with Gasteiger partial charge in [0, 0.05) is 38.8 Å². The molecule has 2 heterocycles. The van der Waals surface area contributed by atoms with Crippen LogP contribution in [0.5, 0.6) is 11.5 Å². The van der Waals surface area contributed by atoms with Gasteiger partial charge in [-0.3, -0.25) is 9.59 Å². The second-order valence-corrected chi connectivity index (χ2v) is 16.2. The van der Waals surface area contributed by atoms with Gasteiger partial charge in [0.1, 0.15) is 11.5 Å². The summed E-state index contributed by atoms with van der Waals surface area (Å²) in [4.78, 5) is 25.1. The molecular weight excluding hydrogens is 763 g/mol. The van der Waals surface area contributed by atoms with E-state index in [1.54, 1.807) is 36.4 Å². The molecule has 2 aliphatic heterocycles. The fourth-order valence-corrected chi connectivity index (χ4v) is 7.64. The Kier molecular flexibility index (Phi) is 14.3. The molecule has 2 amide bonds. The molecule has 0 saturated heterocycles. The molecule has 0 saturated carbocycles. The maximum absolute atomic E-state index is 12.7. The molecule has 0 atom stereocenters. The standard InChI is InChI=1S/C19H18ClNO4S.C15H10ClNO4S.C4H10O/c1-2-3-9-25-17-7-5-14(20)11-16(17)19(22)21-15-6-4-13-8-10-26(23,24)18(13)12-15;16-10-2-4-13(18)12(7-10)15(19)17-11-3-1-9-5-6-22(20,21)14(9)8-11;1-2-3-4-5/h4-8,10-12H,2-3,9H2,1H3,(H,21,22);1-8,18H,(H,17,19);5H,2-4H2,1H3. The number of halogens is 2. The Balaban J connectivity index is 0.000000212. The number of phenols is 1. The van der Waals surface area contributed by atoms with Gasteiger partial charge in [0.25, 0.3) is 11.8 Å². The number of rotatable bonds is 10. The molecule has 0 bridgehead atoms. The van der Waals surface area contributed by atoms with Crippen molar-refractivity contribution in [1.29, 1.82) is 0 Å². The average molecular weight is 802 g/mol. The Morgan fingerprint density at radius 1 is 0.679 bits per heavy atom. The van der Waals surface area contributed by atoms with E-state index in [2.05, 4.69) is 24.5 Å². The molecule has 0 radical (unpaired) electrons. The van der Waals surface area contributed by atoms with Gasteiger partial charge in [0.15, 0.2) is 0 Å². The van der Waals surface area contributed by atoms with Crippen LogP contribution < -0.4 is 15.4 Å². The summed E-state index contributed by atoms with van der Waals surface area (Å²) >= 11 is 11.8. The predicted molar refractivity (Wildman–Crippen MR) is 208 cm³/mol. The number of sulfone groups is 2. The van der Waals surface area contributed by atoms with Crippen molar-refractivity contribution in [2.75, 3.05) is 23.8 Å². The van der Waals surface area contributed by atoms with Gasteiger partial charge in [-0.1, -0.05) is 62.0 Å². The number of fused-ring (bicyclic) bond motifs is 2. The lowest BCUT2D eigenvalue weighted by Gasteiger charge is -2.12. The van der Waals surface area contributed by atoms with Crippen LogP contribution in [0.25, 0.3) is 12.2 Å². The third-order valence-corrected chi connectivity index (χ3v) is 11.1. The zero-order chi connectivity index (χ0) is 38.8. The molecule has 0 unspecified atom stereocenters. The van der Waals surface area contributed by atoms with Crippen LogP contribution >= 0.6 is 23.2 Å². The van der Waals surface area contributed by atoms with E-state index in [1.807, 2.05) is 0 Å². The zero-order valence-electron chi connectivity index (χ0n) is 28.8. The highest BCUT2D eigenvalue weighted by Crippen LogP contribution is 2.32. The number of hydrogen-bond donors (Lipinski definition) is 4. The summed E-state index contributed by atoms with van der Waals surface area (Å²) in [5, 5.41) is 26.0. The molecule has 0 fully saturated rings. The van der Waals surface area contributed by atoms with Crippen LogP contribution in [-0.2, 0) is 19.7 Å². The van der Waals surface area contributed by atoms with E-state index in [0.29, 0.717) is 57.1 Å². The van der Waals surface area contributed by atoms with E-state index in [1.165, 1.54) is 48.6 Å². The van der Waals surface area contributed by atoms with Crippen molar-refractivity contribution in [3.63, 3.8) is 0 Å². The highest BCUT2D eigenvalue weighted by molar-refractivity contribution is 7.95. The fraction of sp³-hybridized carbons (Fsp3) is 0.211. The summed E-state index contributed by atoms with van der Waals surface area (Å²) in [6.45, 7) is 4.95. The van der Waals surface area contributed by atoms with E-state index in [-0.39, 0.29) is 21.1 Å². The normalized spacial score (nSPS) is 13.8. The molecular formula is C38H38Cl2N2O9S2. The molecule has 0 aromatic heterocycles. The maximum atomic E-state index is 12.7. The summed E-state index contributed by atoms with van der Waals surface area (Å²) in [6, 6.07) is 18.3. The minimum Gasteiger partial charge on any atom is -0.507 e. The lowest BCUT2D eigenvalue weighted by Crippen LogP contribution is -2.14. The van der Waals surface area contributed by atoms with Crippen LogP contribution in [0.1, 0.15) is 71.4 Å². The number of carbonyl (C=O) groups is 2. The van der Waals surface area contributed by atoms with Crippen LogP contribution in [0, 0.1) is 0 Å². The Labute approximate surface area is 318 Å². The number of ether oxygens (including phenoxy) is 1. The summed E-state index contributed by atoms with van der Waals surface area (Å²) in [5.74, 6) is -0.765. The number of hydrogen-bond acceptors (Lipinski definition) is 9. The van der Waals surface area contributed by atoms with E-state index in [9.17, 15) is 31.5 Å². The number of phenolic OH excluding ortho intramolecular Hbond substituents is 1. The van der Waals surface area contributed by atoms with Crippen molar-refractivity contribution < 1.29 is 41.4 Å². The van der Waals surface area contributed by atoms with Gasteiger partial charge in [-0.2, -0.15) is 0 Å². The van der Waals surface area contributed by atoms with Crippen molar-refractivity contribution in [1.82, 2.24) is 0 Å². The van der Waals surface area contributed by atoms with Crippen molar-refractivity contribution in [2.24, 2.45) is 0 Å². The third kappa shape index (κ3) is 10.9. The lowest BCUT2D eigenvalue weighted by molar-refractivity contribution is 0.101. The minimum atomic E-state index is -3.45. The molecule has 280 valence electrons. The maximum Gasteiger partial charge on any atom is 0.259 e. The first-order valence-corrected chi connectivity index (χ1v) is 20.3. The van der Waals surface area contributed by atoms with E-state index in [0.717, 1.165) is 36.5 Å². The molecule has 53 heavy (non-hydrogen) atoms. The molecule has 2 aliphatic rings. The fourth-order valence-electron chi connectivity index (χ4n) is 4.84. The van der Waals surface area contributed by atoms with Crippen molar-refractivity contribution in [3.05, 3.63) is 116 Å². The first-order valence-electron chi connectivity index (χ1n) is 16.5. The van der Waals surface area contributed by atoms with Crippen LogP contribution in [-0.4, -0.2) is 52.1 Å². The number of aromatic hydroxyl groups is 1. The molecule has 4 aromatic rings. The highest BCUT2D eigenvalue weighted by atomic mass is 35.5. The van der Waals surface area contributed by atoms with Gasteiger partial charge in [-0.25, -0.2) is 16.8 Å². The quantitative estimate of drug-likeness (QED) is 0.115. The molecule has 4 aromatic carbocycles. The number of aliphatic hydroxyl groups is 1. The molecule has 0 spiro atoms. The van der Waals surface area contributed by atoms with Crippen LogP contribution in [0.2, 0.25) is 10.0 Å². The van der Waals surface area contributed by atoms with Crippen molar-refractivity contribution >= 4 is 78.2 Å². The second kappa shape index (κ2) is 18.4. The number of unbranched alkanes of at least 4 members (excludes halogenated alkanes) is 2. The number of anilines is 2. The van der Waals surface area contributed by atoms with E-state index < -0.39 is 31.5 Å². The summed E-state index contributed by atoms with van der Waals surface area (Å²) in [5.41, 5.74) is 2.19. The number of carbonyl (C=O) groups excluding carboxylic acids is 2. The number of benzene rings is 4. The zero-order valence-corrected chi connectivity index (χ0v) is 31.9. The topological polar surface area (TPSA) is 176 Å². The predicted octanol–water partition coefficient (Wildman–Crippen LogP) is 8.36. The van der Waals surface area contributed by atoms with Gasteiger partial charge < -0.3 is 25.6 Å². The van der Waals surface area contributed by atoms with Crippen LogP contribution in [0.3, 0.4) is 0 Å². The minimum absolute atomic E-state index is 0.00832. The van der Waals surface area contributed by atoms with E-state index in [4.69, 9.17) is 33.0 Å². The molecule has 0 aliphatic carbocycles. The van der Waals surface area contributed by atoms with Gasteiger partial charge in [0.2, 0.25) is 19.7 Å². The van der Waals surface area contributed by atoms with Gasteiger partial charge in [-0.05, 0) is 96.8 Å². The van der Waals surface area contributed by atoms with Gasteiger partial charge in [0.05, 0.1) is 27.5 Å². The number of nitrogens with one attached hydrogen (secondary N) is 2. The lowest BCUT2D eigenvalue weighted by atomic mass is 10.1. The Morgan fingerprint density at radius 2 is 1.17 bits per heavy atom. The smallest absolute Gasteiger partial charge is 0.259 e. The van der Waals surface area contributed by atoms with E-state index >= 15 is 0 Å². The van der Waals surface area contributed by atoms with Crippen molar-refractivity contribution in [3.8, 4) is 11.5 Å². The van der Waals surface area contributed by atoms with Gasteiger partial charge in [-0.15, -0.1) is 0 Å². The van der Waals surface area contributed by atoms with Crippen LogP contribution in [0.15, 0.2) is 93.4 Å². The monoisotopic (exact) mass is 800 g/mol. The number of amides is 2. The Hall–Kier alpha value is -4.66. The Morgan fingerprint density at radius 3 is 1.66 bits per heavy atom. The molecule has 15 heteroatoms. The number of aliphatic hydroxyl groups excluding tert-OH is 1. The van der Waals surface area contributed by atoms with Crippen LogP contribution in [0.4, 0.5) is 11.4 Å². The average Bonchev–Trinajstić information content (AvgIpc) is 3.60. The largest absolute Gasteiger partial charge is 0.507 e. The first kappa shape index (κ1) is 41.1. The Bertz CT molecular complexity index is 2270. The highest BCUT2D eigenvalue weighted by Gasteiger charge is 2.23. The molecule has 4 N–H and O–H groups in total. The second-order valence-electron chi connectivity index (χ2n) is 11.7. The summed E-state index contributed by atoms with van der Waals surface area (Å²) < 4.78 is 53.2. The van der Waals surface area contributed by atoms with Crippen molar-refractivity contribution in [2.45, 2.75) is 49.3 Å². The summed E-state index contributed by atoms with van der Waals surface area (Å²) in [6.07, 6.45) is 6.93. The van der Waals surface area contributed by atoms with Gasteiger partial charge >= 0.3 is 0 Å². The SMILES string of the molecule is CCCCO.CCCCOc1ccc(Cl)cc1C(=O)Nc1ccc2c(c1)S(=O)(=O)C=C2.O=C(Nc1ccc2c(c1)S(=O)(=O)C=C2)c1cc(Cl)ccc1O. The third-order valence-electron chi connectivity index (χ3n) is 7.67. The first-order chi connectivity index (χ1) is 25.2. The molecule has 11 nitrogen and oxygen atoms in total. The molecule has 6 rings (SSSR count). The summed E-state index contributed by atoms with van der Waals surface area (Å²) in [7, 11) is -6.88.